The highest BCUT2D eigenvalue weighted by Gasteiger charge is 2.39. The summed E-state index contributed by atoms with van der Waals surface area (Å²) in [7, 11) is 1.57. The zero-order chi connectivity index (χ0) is 27.1. The number of hydrogen-bond acceptors (Lipinski definition) is 8. The van der Waals surface area contributed by atoms with Crippen molar-refractivity contribution in [3.63, 3.8) is 0 Å². The van der Waals surface area contributed by atoms with Crippen LogP contribution in [0.1, 0.15) is 12.5 Å². The molecule has 1 amide bonds. The number of aromatic nitrogens is 4. The lowest BCUT2D eigenvalue weighted by Crippen LogP contribution is -2.48. The molecule has 0 saturated heterocycles. The molecule has 2 aromatic heterocycles. The summed E-state index contributed by atoms with van der Waals surface area (Å²) in [5, 5.41) is 19.6. The van der Waals surface area contributed by atoms with Crippen LogP contribution in [-0.4, -0.2) is 39.2 Å². The molecule has 1 aliphatic rings. The Kier molecular flexibility index (Phi) is 5.77. The van der Waals surface area contributed by atoms with Gasteiger partial charge >= 0.3 is 0 Å². The first-order valence-corrected chi connectivity index (χ1v) is 12.0. The summed E-state index contributed by atoms with van der Waals surface area (Å²) in [5.74, 6) is 0.578. The van der Waals surface area contributed by atoms with Crippen LogP contribution >= 0.6 is 0 Å². The van der Waals surface area contributed by atoms with Crippen molar-refractivity contribution < 1.29 is 13.9 Å². The van der Waals surface area contributed by atoms with Crippen LogP contribution in [0.15, 0.2) is 73.1 Å². The number of nitriles is 1. The van der Waals surface area contributed by atoms with Crippen molar-refractivity contribution >= 4 is 51.3 Å². The first-order valence-electron chi connectivity index (χ1n) is 12.0. The molecule has 3 aromatic carbocycles. The van der Waals surface area contributed by atoms with Gasteiger partial charge in [-0.25, -0.2) is 9.37 Å². The van der Waals surface area contributed by atoms with Crippen LogP contribution < -0.4 is 19.9 Å². The lowest BCUT2D eigenvalue weighted by atomic mass is 10.1. The molecule has 0 aliphatic carbocycles. The minimum absolute atomic E-state index is 0.205. The molecule has 1 aliphatic heterocycles. The Morgan fingerprint density at radius 3 is 2.74 bits per heavy atom. The van der Waals surface area contributed by atoms with E-state index in [0.29, 0.717) is 50.8 Å². The highest BCUT2D eigenvalue weighted by molar-refractivity contribution is 6.11. The van der Waals surface area contributed by atoms with Gasteiger partial charge in [-0.1, -0.05) is 12.1 Å². The third-order valence-electron chi connectivity index (χ3n) is 6.51. The molecule has 2 N–H and O–H groups in total. The average Bonchev–Trinajstić information content (AvgIpc) is 3.43. The predicted octanol–water partition coefficient (Wildman–Crippen LogP) is 5.32. The number of H-pyrrole nitrogens is 1. The topological polar surface area (TPSA) is 123 Å². The molecule has 0 saturated carbocycles. The number of carbonyl (C=O) groups is 1. The Bertz CT molecular complexity index is 1780. The van der Waals surface area contributed by atoms with E-state index in [1.165, 1.54) is 23.4 Å². The van der Waals surface area contributed by atoms with Gasteiger partial charge in [0.2, 0.25) is 5.95 Å². The number of halogens is 1. The highest BCUT2D eigenvalue weighted by atomic mass is 19.1. The van der Waals surface area contributed by atoms with Gasteiger partial charge in [-0.3, -0.25) is 14.8 Å². The molecule has 3 heterocycles. The third-order valence-corrected chi connectivity index (χ3v) is 6.51. The molecule has 0 bridgehead atoms. The number of carbonyl (C=O) groups excluding carboxylic acids is 1. The van der Waals surface area contributed by atoms with Crippen LogP contribution in [0.4, 0.5) is 38.9 Å². The number of methoxy groups -OCH3 is 1. The predicted molar refractivity (Wildman–Crippen MR) is 144 cm³/mol. The van der Waals surface area contributed by atoms with E-state index in [9.17, 15) is 14.4 Å². The van der Waals surface area contributed by atoms with Crippen LogP contribution in [0.5, 0.6) is 5.75 Å². The highest BCUT2D eigenvalue weighted by Crippen LogP contribution is 2.43. The number of ether oxygens (including phenoxy) is 1. The summed E-state index contributed by atoms with van der Waals surface area (Å²) < 4.78 is 20.0. The maximum absolute atomic E-state index is 14.6. The molecule has 1 atom stereocenters. The first-order chi connectivity index (χ1) is 19.0. The Balaban J connectivity index is 1.50. The average molecular weight is 521 g/mol. The zero-order valence-corrected chi connectivity index (χ0v) is 20.9. The van der Waals surface area contributed by atoms with E-state index >= 15 is 0 Å². The standard InChI is InChI=1S/C28H21FN8O2/c1-16-27(38)37(20-6-3-5-17(9-20)13-30)24-15-31-28(33-19-10-18-14-32-35-25(18)23(29)11-19)34-26(24)36(16)21-7-4-8-22(12-21)39-2/h3-12,14-16H,1-2H3,(H,32,35)(H,31,33,34)/t16-/m1/s1. The van der Waals surface area contributed by atoms with Crippen molar-refractivity contribution in [3.8, 4) is 11.8 Å². The quantitative estimate of drug-likeness (QED) is 0.319. The molecular weight excluding hydrogens is 499 g/mol. The van der Waals surface area contributed by atoms with E-state index in [0.717, 1.165) is 0 Å². The smallest absolute Gasteiger partial charge is 0.254 e. The Morgan fingerprint density at radius 1 is 1.10 bits per heavy atom. The monoisotopic (exact) mass is 520 g/mol. The SMILES string of the molecule is COc1cccc(N2c3nc(Nc4cc(F)c5[nH]ncc5c4)ncc3N(c3cccc(C#N)c3)C(=O)[C@H]2C)c1. The van der Waals surface area contributed by atoms with Gasteiger partial charge < -0.3 is 15.0 Å². The molecule has 0 spiro atoms. The summed E-state index contributed by atoms with van der Waals surface area (Å²) in [6.45, 7) is 1.78. The molecule has 6 rings (SSSR count). The van der Waals surface area contributed by atoms with Gasteiger partial charge in [0.1, 0.15) is 23.0 Å². The molecule has 0 unspecified atom stereocenters. The van der Waals surface area contributed by atoms with E-state index in [4.69, 9.17) is 9.72 Å². The Labute approximate surface area is 222 Å². The molecule has 10 nitrogen and oxygen atoms in total. The summed E-state index contributed by atoms with van der Waals surface area (Å²) in [6.07, 6.45) is 3.07. The van der Waals surface area contributed by atoms with E-state index in [1.54, 1.807) is 49.3 Å². The molecule has 11 heteroatoms. The number of benzene rings is 3. The van der Waals surface area contributed by atoms with Crippen LogP contribution in [0, 0.1) is 17.1 Å². The van der Waals surface area contributed by atoms with E-state index in [1.807, 2.05) is 24.3 Å². The summed E-state index contributed by atoms with van der Waals surface area (Å²) in [5.41, 5.74) is 2.80. The Hall–Kier alpha value is -5.50. The van der Waals surface area contributed by atoms with Gasteiger partial charge in [0.05, 0.1) is 36.8 Å². The lowest BCUT2D eigenvalue weighted by Gasteiger charge is -2.40. The second kappa shape index (κ2) is 9.42. The number of amides is 1. The zero-order valence-electron chi connectivity index (χ0n) is 20.9. The maximum Gasteiger partial charge on any atom is 0.254 e. The largest absolute Gasteiger partial charge is 0.497 e. The third kappa shape index (κ3) is 4.14. The Morgan fingerprint density at radius 2 is 1.92 bits per heavy atom. The molecule has 192 valence electrons. The minimum Gasteiger partial charge on any atom is -0.497 e. The second-order valence-electron chi connectivity index (χ2n) is 8.90. The van der Waals surface area contributed by atoms with Crippen molar-refractivity contribution in [2.24, 2.45) is 0 Å². The fraction of sp³-hybridized carbons (Fsp3) is 0.107. The normalized spacial score (nSPS) is 14.7. The van der Waals surface area contributed by atoms with Crippen LogP contribution in [-0.2, 0) is 4.79 Å². The van der Waals surface area contributed by atoms with Crippen LogP contribution in [0.2, 0.25) is 0 Å². The van der Waals surface area contributed by atoms with Crippen molar-refractivity contribution in [1.29, 1.82) is 5.26 Å². The van der Waals surface area contributed by atoms with Gasteiger partial charge in [0, 0.05) is 22.8 Å². The number of nitrogens with zero attached hydrogens (tertiary/aromatic N) is 6. The van der Waals surface area contributed by atoms with E-state index < -0.39 is 11.9 Å². The van der Waals surface area contributed by atoms with Gasteiger partial charge in [-0.15, -0.1) is 0 Å². The number of anilines is 6. The van der Waals surface area contributed by atoms with Crippen molar-refractivity contribution in [2.75, 3.05) is 22.2 Å². The van der Waals surface area contributed by atoms with E-state index in [2.05, 4.69) is 26.6 Å². The number of hydrogen-bond donors (Lipinski definition) is 2. The van der Waals surface area contributed by atoms with Gasteiger partial charge in [0.25, 0.3) is 5.91 Å². The molecule has 39 heavy (non-hydrogen) atoms. The van der Waals surface area contributed by atoms with Gasteiger partial charge in [-0.2, -0.15) is 15.3 Å². The van der Waals surface area contributed by atoms with Crippen molar-refractivity contribution in [1.82, 2.24) is 20.2 Å². The molecule has 5 aromatic rings. The molecule has 0 fully saturated rings. The molecular formula is C28H21FN8O2. The summed E-state index contributed by atoms with van der Waals surface area (Å²) in [4.78, 5) is 26.3. The second-order valence-corrected chi connectivity index (χ2v) is 8.90. The van der Waals surface area contributed by atoms with Crippen LogP contribution in [0.25, 0.3) is 10.9 Å². The lowest BCUT2D eigenvalue weighted by molar-refractivity contribution is -0.118. The van der Waals surface area contributed by atoms with Crippen LogP contribution in [0.3, 0.4) is 0 Å². The fourth-order valence-corrected chi connectivity index (χ4v) is 4.66. The van der Waals surface area contributed by atoms with E-state index in [-0.39, 0.29) is 11.9 Å². The number of aromatic amines is 1. The van der Waals surface area contributed by atoms with Crippen molar-refractivity contribution in [2.45, 2.75) is 13.0 Å². The minimum atomic E-state index is -0.669. The van der Waals surface area contributed by atoms with Gasteiger partial charge in [-0.05, 0) is 49.4 Å². The fourth-order valence-electron chi connectivity index (χ4n) is 4.66. The summed E-state index contributed by atoms with van der Waals surface area (Å²) in [6, 6.07) is 18.6. The molecule has 0 radical (unpaired) electrons. The number of nitrogens with one attached hydrogen (secondary N) is 2. The summed E-state index contributed by atoms with van der Waals surface area (Å²) >= 11 is 0. The maximum atomic E-state index is 14.6. The van der Waals surface area contributed by atoms with Crippen molar-refractivity contribution in [3.05, 3.63) is 84.4 Å². The number of rotatable bonds is 5. The number of fused-ring (bicyclic) bond motifs is 2. The van der Waals surface area contributed by atoms with Gasteiger partial charge in [0.15, 0.2) is 11.6 Å². The first kappa shape index (κ1) is 23.9.